The van der Waals surface area contributed by atoms with E-state index in [4.69, 9.17) is 4.98 Å². The number of aromatic nitrogens is 5. The summed E-state index contributed by atoms with van der Waals surface area (Å²) < 4.78 is 31.4. The van der Waals surface area contributed by atoms with Crippen molar-refractivity contribution in [3.05, 3.63) is 60.2 Å². The quantitative estimate of drug-likeness (QED) is 0.458. The van der Waals surface area contributed by atoms with Crippen molar-refractivity contribution < 1.29 is 18.7 Å². The molecule has 0 atom stereocenters. The van der Waals surface area contributed by atoms with Gasteiger partial charge in [-0.25, -0.2) is 23.1 Å². The first kappa shape index (κ1) is 22.4. The molecule has 0 unspecified atom stereocenters. The summed E-state index contributed by atoms with van der Waals surface area (Å²) in [6.45, 7) is 5.02. The van der Waals surface area contributed by atoms with Gasteiger partial charge in [-0.05, 0) is 38.5 Å². The average molecular weight is 454 g/mol. The predicted molar refractivity (Wildman–Crippen MR) is 119 cm³/mol. The van der Waals surface area contributed by atoms with Crippen LogP contribution in [-0.4, -0.2) is 46.0 Å². The first-order valence-electron chi connectivity index (χ1n) is 10.3. The Morgan fingerprint density at radius 2 is 1.91 bits per heavy atom. The molecule has 0 saturated heterocycles. The maximum atomic E-state index is 14.1. The first-order chi connectivity index (χ1) is 15.5. The lowest BCUT2D eigenvalue weighted by Crippen LogP contribution is -2.44. The lowest BCUT2D eigenvalue weighted by Gasteiger charge is -2.33. The van der Waals surface area contributed by atoms with Crippen LogP contribution in [0.15, 0.2) is 49.1 Å². The van der Waals surface area contributed by atoms with Gasteiger partial charge in [0.15, 0.2) is 0 Å². The Kier molecular flexibility index (Phi) is 5.61. The fourth-order valence-electron chi connectivity index (χ4n) is 3.68. The molecule has 33 heavy (non-hydrogen) atoms. The number of alkyl halides is 2. The monoisotopic (exact) mass is 454 g/mol. The van der Waals surface area contributed by atoms with Gasteiger partial charge in [-0.15, -0.1) is 0 Å². The fourth-order valence-corrected chi connectivity index (χ4v) is 3.68. The Labute approximate surface area is 189 Å². The summed E-state index contributed by atoms with van der Waals surface area (Å²) in [5.74, 6) is 0. The molecule has 172 valence electrons. The van der Waals surface area contributed by atoms with Gasteiger partial charge in [0.05, 0.1) is 42.0 Å². The van der Waals surface area contributed by atoms with Gasteiger partial charge < -0.3 is 5.11 Å². The summed E-state index contributed by atoms with van der Waals surface area (Å²) in [6, 6.07) is 6.37. The highest BCUT2D eigenvalue weighted by Gasteiger charge is 2.28. The molecule has 3 heterocycles. The van der Waals surface area contributed by atoms with Crippen LogP contribution in [0, 0.1) is 0 Å². The molecule has 0 radical (unpaired) electrons. The van der Waals surface area contributed by atoms with Crippen molar-refractivity contribution in [2.24, 2.45) is 7.05 Å². The minimum atomic E-state index is -2.78. The van der Waals surface area contributed by atoms with E-state index in [1.54, 1.807) is 73.8 Å². The van der Waals surface area contributed by atoms with E-state index >= 15 is 0 Å². The van der Waals surface area contributed by atoms with E-state index < -0.39 is 18.1 Å². The molecule has 1 amide bonds. The van der Waals surface area contributed by atoms with Gasteiger partial charge in [0.1, 0.15) is 0 Å². The van der Waals surface area contributed by atoms with Crippen molar-refractivity contribution >= 4 is 11.6 Å². The second kappa shape index (κ2) is 8.27. The molecule has 4 rings (SSSR count). The summed E-state index contributed by atoms with van der Waals surface area (Å²) in [5.41, 5.74) is 2.29. The highest BCUT2D eigenvalue weighted by Crippen LogP contribution is 2.33. The van der Waals surface area contributed by atoms with Crippen molar-refractivity contribution in [3.8, 4) is 22.5 Å². The van der Waals surface area contributed by atoms with E-state index in [1.807, 2.05) is 6.20 Å². The number of rotatable bonds is 5. The third kappa shape index (κ3) is 4.41. The second-order valence-electron chi connectivity index (χ2n) is 8.79. The molecule has 10 heteroatoms. The van der Waals surface area contributed by atoms with Crippen molar-refractivity contribution in [3.63, 3.8) is 0 Å². The van der Waals surface area contributed by atoms with Crippen molar-refractivity contribution in [2.75, 3.05) is 0 Å². The standard InChI is InChI=1S/C23H24F2N6O2/c1-23(2,3)30(22(32)33)12-15-6-5-14(9-17(15)21(24)25)20-19-7-8-26-31(19)13-18(28-20)16-10-27-29(4)11-16/h5-11,13,21H,12H2,1-4H3,(H,32,33). The number of benzene rings is 1. The molecule has 0 bridgehead atoms. The smallest absolute Gasteiger partial charge is 0.408 e. The number of hydrogen-bond donors (Lipinski definition) is 1. The van der Waals surface area contributed by atoms with Gasteiger partial charge in [0.2, 0.25) is 0 Å². The lowest BCUT2D eigenvalue weighted by atomic mass is 9.99. The Morgan fingerprint density at radius 3 is 2.52 bits per heavy atom. The van der Waals surface area contributed by atoms with Crippen LogP contribution < -0.4 is 0 Å². The Bertz CT molecular complexity index is 1320. The van der Waals surface area contributed by atoms with Crippen LogP contribution in [0.5, 0.6) is 0 Å². The Balaban J connectivity index is 1.83. The normalized spacial score (nSPS) is 12.0. The maximum absolute atomic E-state index is 14.1. The van der Waals surface area contributed by atoms with E-state index in [9.17, 15) is 18.7 Å². The maximum Gasteiger partial charge on any atom is 0.408 e. The average Bonchev–Trinajstić information content (AvgIpc) is 3.38. The first-order valence-corrected chi connectivity index (χ1v) is 10.3. The van der Waals surface area contributed by atoms with E-state index in [0.717, 1.165) is 10.5 Å². The van der Waals surface area contributed by atoms with E-state index in [0.29, 0.717) is 22.5 Å². The predicted octanol–water partition coefficient (Wildman–Crippen LogP) is 5.01. The Morgan fingerprint density at radius 1 is 1.15 bits per heavy atom. The largest absolute Gasteiger partial charge is 0.465 e. The fraction of sp³-hybridized carbons (Fsp3) is 0.304. The minimum absolute atomic E-state index is 0.149. The molecule has 0 aliphatic carbocycles. The van der Waals surface area contributed by atoms with Crippen LogP contribution in [-0.2, 0) is 13.6 Å². The molecule has 0 saturated carbocycles. The van der Waals surface area contributed by atoms with Crippen LogP contribution in [0.3, 0.4) is 0 Å². The highest BCUT2D eigenvalue weighted by atomic mass is 19.3. The molecular formula is C23H24F2N6O2. The van der Waals surface area contributed by atoms with Crippen LogP contribution in [0.25, 0.3) is 28.0 Å². The SMILES string of the molecule is Cn1cc(-c2cn3nccc3c(-c3ccc(CN(C(=O)O)C(C)(C)C)c(C(F)F)c3)n2)cn1. The highest BCUT2D eigenvalue weighted by molar-refractivity contribution is 5.79. The zero-order valence-electron chi connectivity index (χ0n) is 18.7. The number of halogens is 2. The Hall–Kier alpha value is -3.82. The van der Waals surface area contributed by atoms with Gasteiger partial charge in [0.25, 0.3) is 6.43 Å². The lowest BCUT2D eigenvalue weighted by molar-refractivity contribution is 0.0932. The van der Waals surface area contributed by atoms with Gasteiger partial charge in [-0.1, -0.05) is 12.1 Å². The number of carboxylic acid groups (broad SMARTS) is 1. The second-order valence-corrected chi connectivity index (χ2v) is 8.79. The summed E-state index contributed by atoms with van der Waals surface area (Å²) in [5, 5.41) is 18.0. The number of aryl methyl sites for hydroxylation is 1. The van der Waals surface area contributed by atoms with Gasteiger partial charge >= 0.3 is 6.09 Å². The third-order valence-corrected chi connectivity index (χ3v) is 5.41. The molecule has 0 spiro atoms. The number of carbonyl (C=O) groups is 1. The number of amides is 1. The van der Waals surface area contributed by atoms with Crippen molar-refractivity contribution in [2.45, 2.75) is 39.3 Å². The molecule has 0 aliphatic rings. The molecule has 4 aromatic rings. The molecular weight excluding hydrogens is 430 g/mol. The topological polar surface area (TPSA) is 88.5 Å². The molecule has 0 fully saturated rings. The van der Waals surface area contributed by atoms with Gasteiger partial charge in [-0.2, -0.15) is 10.2 Å². The zero-order chi connectivity index (χ0) is 23.9. The van der Waals surface area contributed by atoms with E-state index in [-0.39, 0.29) is 17.7 Å². The molecule has 1 aromatic carbocycles. The number of fused-ring (bicyclic) bond motifs is 1. The summed E-state index contributed by atoms with van der Waals surface area (Å²) >= 11 is 0. The van der Waals surface area contributed by atoms with Crippen LogP contribution in [0.1, 0.15) is 38.3 Å². The minimum Gasteiger partial charge on any atom is -0.465 e. The summed E-state index contributed by atoms with van der Waals surface area (Å²) in [6.07, 6.45) is 2.90. The number of nitrogens with zero attached hydrogens (tertiary/aromatic N) is 6. The van der Waals surface area contributed by atoms with Crippen LogP contribution in [0.4, 0.5) is 13.6 Å². The molecule has 0 aliphatic heterocycles. The van der Waals surface area contributed by atoms with Crippen molar-refractivity contribution in [1.82, 2.24) is 29.3 Å². The van der Waals surface area contributed by atoms with E-state index in [2.05, 4.69) is 10.2 Å². The van der Waals surface area contributed by atoms with Gasteiger partial charge in [0, 0.05) is 35.5 Å². The van der Waals surface area contributed by atoms with Crippen LogP contribution >= 0.6 is 0 Å². The van der Waals surface area contributed by atoms with Gasteiger partial charge in [-0.3, -0.25) is 9.58 Å². The third-order valence-electron chi connectivity index (χ3n) is 5.41. The molecule has 8 nitrogen and oxygen atoms in total. The zero-order valence-corrected chi connectivity index (χ0v) is 18.7. The van der Waals surface area contributed by atoms with Crippen LogP contribution in [0.2, 0.25) is 0 Å². The van der Waals surface area contributed by atoms with Crippen molar-refractivity contribution in [1.29, 1.82) is 0 Å². The van der Waals surface area contributed by atoms with E-state index in [1.165, 1.54) is 6.07 Å². The molecule has 3 aromatic heterocycles. The summed E-state index contributed by atoms with van der Waals surface area (Å²) in [4.78, 5) is 17.6. The molecule has 1 N–H and O–H groups in total. The summed E-state index contributed by atoms with van der Waals surface area (Å²) in [7, 11) is 1.79. The number of hydrogen-bond acceptors (Lipinski definition) is 4.